The molecule has 2 aliphatic rings. The zero-order chi connectivity index (χ0) is 38.2. The third kappa shape index (κ3) is 5.40. The first kappa shape index (κ1) is 33.2. The Hall–Kier alpha value is -7.16. The SMILES string of the molecule is CC=O.O=C1C2c3cc4ccccc4cc3C1c1cc3cc4ccccc4cc3cc12.c1ccc2cc3cc4cc5cc6ccccc6cc5cc4cc3cc2c1. The summed E-state index contributed by atoms with van der Waals surface area (Å²) in [4.78, 5) is 22.1. The summed E-state index contributed by atoms with van der Waals surface area (Å²) < 4.78 is 0. The van der Waals surface area contributed by atoms with Crippen LogP contribution in [0.25, 0.3) is 86.2 Å². The number of hydrogen-bond acceptors (Lipinski definition) is 2. The van der Waals surface area contributed by atoms with E-state index in [2.05, 4.69) is 182 Å². The maximum absolute atomic E-state index is 13.3. The first-order chi connectivity index (χ1) is 28.0. The molecule has 57 heavy (non-hydrogen) atoms. The number of benzene rings is 11. The third-order valence-corrected chi connectivity index (χ3v) is 12.2. The van der Waals surface area contributed by atoms with Gasteiger partial charge in [0, 0.05) is 0 Å². The van der Waals surface area contributed by atoms with Gasteiger partial charge in [-0.15, -0.1) is 0 Å². The molecule has 2 aliphatic carbocycles. The average molecular weight is 729 g/mol. The first-order valence-electron chi connectivity index (χ1n) is 19.6. The second-order valence-corrected chi connectivity index (χ2v) is 15.5. The number of aldehydes is 1. The molecule has 13 rings (SSSR count). The molecule has 0 fully saturated rings. The molecule has 268 valence electrons. The standard InChI is InChI=1S/C27H16O.C26H16.C2H4O/c28-27-25-21-11-17-7-3-4-8-18(17)12-22(21)26(27)24-14-20-10-16-6-2-1-5-15(16)9-19(20)13-23(24)25;1-2-6-18-10-22-14-26-16-24-12-20-8-4-3-7-19(20)11-23(24)15-25(26)13-21(22)9-17(18)5-1;1-2-3/h1-14,25-26H;1-16H;2H,1H3. The van der Waals surface area contributed by atoms with Crippen LogP contribution in [0, 0.1) is 0 Å². The quantitative estimate of drug-likeness (QED) is 0.115. The molecule has 0 aromatic heterocycles. The maximum atomic E-state index is 13.3. The molecule has 0 heterocycles. The molecule has 2 unspecified atom stereocenters. The fourth-order valence-electron chi connectivity index (χ4n) is 9.56. The van der Waals surface area contributed by atoms with Crippen molar-refractivity contribution in [3.8, 4) is 0 Å². The summed E-state index contributed by atoms with van der Waals surface area (Å²) in [5.74, 6) is 0.145. The highest BCUT2D eigenvalue weighted by Crippen LogP contribution is 2.55. The molecule has 0 N–H and O–H groups in total. The lowest BCUT2D eigenvalue weighted by Crippen LogP contribution is -2.03. The van der Waals surface area contributed by atoms with Crippen LogP contribution in [-0.2, 0) is 9.59 Å². The maximum Gasteiger partial charge on any atom is 0.156 e. The Labute approximate surface area is 329 Å². The van der Waals surface area contributed by atoms with E-state index in [0.717, 1.165) is 6.29 Å². The van der Waals surface area contributed by atoms with Gasteiger partial charge in [0.2, 0.25) is 0 Å². The van der Waals surface area contributed by atoms with Gasteiger partial charge in [-0.05, 0) is 200 Å². The third-order valence-electron chi connectivity index (χ3n) is 12.2. The summed E-state index contributed by atoms with van der Waals surface area (Å²) in [5.41, 5.74) is 4.84. The van der Waals surface area contributed by atoms with Crippen molar-refractivity contribution in [1.82, 2.24) is 0 Å². The lowest BCUT2D eigenvalue weighted by Gasteiger charge is -2.19. The molecule has 2 heteroatoms. The van der Waals surface area contributed by atoms with Crippen molar-refractivity contribution in [2.45, 2.75) is 18.8 Å². The Bertz CT molecular complexity index is 3150. The molecule has 11 aromatic rings. The van der Waals surface area contributed by atoms with Gasteiger partial charge in [-0.3, -0.25) is 4.79 Å². The molecule has 2 bridgehead atoms. The number of carbonyl (C=O) groups excluding carboxylic acids is 2. The van der Waals surface area contributed by atoms with Gasteiger partial charge in [0.25, 0.3) is 0 Å². The largest absolute Gasteiger partial charge is 0.304 e. The second kappa shape index (κ2) is 13.0. The second-order valence-electron chi connectivity index (χ2n) is 15.5. The van der Waals surface area contributed by atoms with Crippen molar-refractivity contribution in [2.75, 3.05) is 0 Å². The van der Waals surface area contributed by atoms with Crippen molar-refractivity contribution in [3.63, 3.8) is 0 Å². The highest BCUT2D eigenvalue weighted by Gasteiger charge is 2.49. The van der Waals surface area contributed by atoms with Gasteiger partial charge >= 0.3 is 0 Å². The summed E-state index contributed by atoms with van der Waals surface area (Å²) in [5, 5.41) is 20.4. The van der Waals surface area contributed by atoms with E-state index < -0.39 is 0 Å². The van der Waals surface area contributed by atoms with Crippen molar-refractivity contribution in [3.05, 3.63) is 204 Å². The summed E-state index contributed by atoms with van der Waals surface area (Å²) in [6.45, 7) is 1.44. The number of ketones is 1. The Morgan fingerprint density at radius 2 is 0.456 bits per heavy atom. The van der Waals surface area contributed by atoms with Crippen molar-refractivity contribution in [1.29, 1.82) is 0 Å². The number of carbonyl (C=O) groups is 2. The summed E-state index contributed by atoms with van der Waals surface area (Å²) in [6, 6.07) is 66.0. The normalized spacial score (nSPS) is 15.2. The smallest absolute Gasteiger partial charge is 0.156 e. The number of hydrogen-bond donors (Lipinski definition) is 0. The monoisotopic (exact) mass is 728 g/mol. The van der Waals surface area contributed by atoms with Gasteiger partial charge in [0.1, 0.15) is 6.29 Å². The van der Waals surface area contributed by atoms with Crippen LogP contribution in [-0.4, -0.2) is 12.1 Å². The number of rotatable bonds is 0. The summed E-state index contributed by atoms with van der Waals surface area (Å²) >= 11 is 0. The van der Waals surface area contributed by atoms with E-state index in [-0.39, 0.29) is 11.8 Å². The molecular weight excluding hydrogens is 693 g/mol. The van der Waals surface area contributed by atoms with Crippen LogP contribution in [0.3, 0.4) is 0 Å². The topological polar surface area (TPSA) is 34.1 Å². The van der Waals surface area contributed by atoms with E-state index in [1.165, 1.54) is 115 Å². The van der Waals surface area contributed by atoms with Gasteiger partial charge < -0.3 is 4.79 Å². The molecule has 0 saturated carbocycles. The van der Waals surface area contributed by atoms with Gasteiger partial charge in [-0.1, -0.05) is 97.1 Å². The number of fused-ring (bicyclic) bond motifs is 16. The first-order valence-corrected chi connectivity index (χ1v) is 19.6. The Morgan fingerprint density at radius 3 is 0.684 bits per heavy atom. The van der Waals surface area contributed by atoms with Crippen LogP contribution >= 0.6 is 0 Å². The minimum Gasteiger partial charge on any atom is -0.304 e. The molecule has 0 amide bonds. The Balaban J connectivity index is 0.000000123. The molecule has 2 atom stereocenters. The van der Waals surface area contributed by atoms with Gasteiger partial charge in [0.05, 0.1) is 11.8 Å². The van der Waals surface area contributed by atoms with Gasteiger partial charge in [0.15, 0.2) is 5.78 Å². The summed E-state index contributed by atoms with van der Waals surface area (Å²) in [7, 11) is 0. The zero-order valence-corrected chi connectivity index (χ0v) is 31.4. The van der Waals surface area contributed by atoms with Crippen LogP contribution in [0.4, 0.5) is 0 Å². The van der Waals surface area contributed by atoms with Crippen LogP contribution < -0.4 is 0 Å². The number of Topliss-reactive ketones (excluding diaryl/α,β-unsaturated/α-hetero) is 1. The van der Waals surface area contributed by atoms with E-state index in [1.54, 1.807) is 0 Å². The minimum absolute atomic E-state index is 0.101. The predicted molar refractivity (Wildman–Crippen MR) is 240 cm³/mol. The van der Waals surface area contributed by atoms with Crippen LogP contribution in [0.15, 0.2) is 182 Å². The van der Waals surface area contributed by atoms with E-state index in [1.807, 2.05) is 0 Å². The van der Waals surface area contributed by atoms with Crippen LogP contribution in [0.1, 0.15) is 41.0 Å². The van der Waals surface area contributed by atoms with E-state index >= 15 is 0 Å². The lowest BCUT2D eigenvalue weighted by molar-refractivity contribution is -0.118. The fraction of sp³-hybridized carbons (Fsp3) is 0.0545. The Kier molecular flexibility index (Phi) is 7.55. The Morgan fingerprint density at radius 1 is 0.298 bits per heavy atom. The van der Waals surface area contributed by atoms with E-state index in [9.17, 15) is 4.79 Å². The molecule has 0 aliphatic heterocycles. The van der Waals surface area contributed by atoms with Gasteiger partial charge in [-0.2, -0.15) is 0 Å². The van der Waals surface area contributed by atoms with E-state index in [0.29, 0.717) is 5.78 Å². The minimum atomic E-state index is -0.101. The van der Waals surface area contributed by atoms with Gasteiger partial charge in [-0.25, -0.2) is 0 Å². The molecule has 11 aromatic carbocycles. The molecule has 0 radical (unpaired) electrons. The van der Waals surface area contributed by atoms with Crippen molar-refractivity contribution in [2.24, 2.45) is 0 Å². The zero-order valence-electron chi connectivity index (χ0n) is 31.4. The van der Waals surface area contributed by atoms with Crippen LogP contribution in [0.5, 0.6) is 0 Å². The molecular formula is C55H36O2. The predicted octanol–water partition coefficient (Wildman–Crippen LogP) is 14.0. The average Bonchev–Trinajstić information content (AvgIpc) is 3.67. The van der Waals surface area contributed by atoms with Crippen LogP contribution in [0.2, 0.25) is 0 Å². The van der Waals surface area contributed by atoms with Crippen molar-refractivity contribution < 1.29 is 9.59 Å². The fourth-order valence-corrected chi connectivity index (χ4v) is 9.56. The molecule has 2 nitrogen and oxygen atoms in total. The molecule has 0 saturated heterocycles. The van der Waals surface area contributed by atoms with Crippen molar-refractivity contribution >= 4 is 98.2 Å². The lowest BCUT2D eigenvalue weighted by atomic mass is 9.83. The summed E-state index contributed by atoms with van der Waals surface area (Å²) in [6.07, 6.45) is 0.750. The highest BCUT2D eigenvalue weighted by molar-refractivity contribution is 6.12. The highest BCUT2D eigenvalue weighted by atomic mass is 16.1. The molecule has 0 spiro atoms. The van der Waals surface area contributed by atoms with E-state index in [4.69, 9.17) is 4.79 Å².